The highest BCUT2D eigenvalue weighted by Crippen LogP contribution is 2.21. The molecule has 0 saturated heterocycles. The molecule has 0 fully saturated rings. The average Bonchev–Trinajstić information content (AvgIpc) is 2.50. The Labute approximate surface area is 126 Å². The number of ether oxygens (including phenoxy) is 1. The minimum Gasteiger partial charge on any atom is -0.502 e. The SMILES string of the molecule is O=C(O)/C(O)=C(\COc1ccc(Cl)cc1)c1ccccc1. The topological polar surface area (TPSA) is 66.8 Å². The summed E-state index contributed by atoms with van der Waals surface area (Å²) in [7, 11) is 0. The van der Waals surface area contributed by atoms with Gasteiger partial charge in [0.1, 0.15) is 12.4 Å². The minimum absolute atomic E-state index is 0.0657. The molecule has 4 nitrogen and oxygen atoms in total. The van der Waals surface area contributed by atoms with E-state index in [1.165, 1.54) is 0 Å². The monoisotopic (exact) mass is 304 g/mol. The number of hydrogen-bond donors (Lipinski definition) is 2. The third kappa shape index (κ3) is 4.00. The third-order valence-electron chi connectivity index (χ3n) is 2.81. The first-order valence-corrected chi connectivity index (χ1v) is 6.55. The van der Waals surface area contributed by atoms with Gasteiger partial charge in [-0.05, 0) is 29.8 Å². The summed E-state index contributed by atoms with van der Waals surface area (Å²) in [5.74, 6) is -1.59. The number of rotatable bonds is 5. The number of carboxylic acid groups (broad SMARTS) is 1. The quantitative estimate of drug-likeness (QED) is 0.652. The fourth-order valence-electron chi connectivity index (χ4n) is 1.74. The molecule has 0 unspecified atom stereocenters. The standard InChI is InChI=1S/C16H13ClO4/c17-12-6-8-13(9-7-12)21-10-14(15(18)16(19)20)11-4-2-1-3-5-11/h1-9,18H,10H2,(H,19,20)/b15-14-. The predicted octanol–water partition coefficient (Wildman–Crippen LogP) is 3.77. The van der Waals surface area contributed by atoms with Crippen LogP contribution in [0, 0.1) is 0 Å². The van der Waals surface area contributed by atoms with Crippen molar-refractivity contribution < 1.29 is 19.7 Å². The van der Waals surface area contributed by atoms with Crippen molar-refractivity contribution in [3.63, 3.8) is 0 Å². The summed E-state index contributed by atoms with van der Waals surface area (Å²) in [6, 6.07) is 15.4. The zero-order chi connectivity index (χ0) is 15.2. The van der Waals surface area contributed by atoms with E-state index in [2.05, 4.69) is 0 Å². The molecule has 108 valence electrons. The van der Waals surface area contributed by atoms with E-state index in [1.807, 2.05) is 0 Å². The van der Waals surface area contributed by atoms with Gasteiger partial charge < -0.3 is 14.9 Å². The maximum absolute atomic E-state index is 11.0. The maximum Gasteiger partial charge on any atom is 0.371 e. The second-order valence-corrected chi connectivity index (χ2v) is 4.68. The van der Waals surface area contributed by atoms with Crippen molar-refractivity contribution in [1.82, 2.24) is 0 Å². The van der Waals surface area contributed by atoms with Crippen LogP contribution in [0.5, 0.6) is 5.75 Å². The van der Waals surface area contributed by atoms with Crippen LogP contribution in [-0.2, 0) is 4.79 Å². The lowest BCUT2D eigenvalue weighted by Crippen LogP contribution is -2.09. The number of carbonyl (C=O) groups is 1. The fraction of sp³-hybridized carbons (Fsp3) is 0.0625. The minimum atomic E-state index is -1.39. The molecule has 0 heterocycles. The summed E-state index contributed by atoms with van der Waals surface area (Å²) in [5.41, 5.74) is 0.796. The summed E-state index contributed by atoms with van der Waals surface area (Å²) < 4.78 is 5.51. The van der Waals surface area contributed by atoms with Crippen LogP contribution in [0.15, 0.2) is 60.4 Å². The van der Waals surface area contributed by atoms with E-state index in [4.69, 9.17) is 21.4 Å². The Bertz CT molecular complexity index is 648. The highest BCUT2D eigenvalue weighted by molar-refractivity contribution is 6.30. The molecule has 0 bridgehead atoms. The largest absolute Gasteiger partial charge is 0.502 e. The van der Waals surface area contributed by atoms with Gasteiger partial charge in [0, 0.05) is 10.6 Å². The molecule has 0 amide bonds. The lowest BCUT2D eigenvalue weighted by atomic mass is 10.1. The Hall–Kier alpha value is -2.46. The van der Waals surface area contributed by atoms with Gasteiger partial charge in [-0.1, -0.05) is 41.9 Å². The normalized spacial score (nSPS) is 11.7. The van der Waals surface area contributed by atoms with E-state index in [0.29, 0.717) is 16.3 Å². The number of aliphatic hydroxyl groups excluding tert-OH is 1. The Kier molecular flexibility index (Phi) is 4.85. The smallest absolute Gasteiger partial charge is 0.371 e. The number of benzene rings is 2. The van der Waals surface area contributed by atoms with Crippen LogP contribution in [0.3, 0.4) is 0 Å². The maximum atomic E-state index is 11.0. The van der Waals surface area contributed by atoms with Gasteiger partial charge in [-0.25, -0.2) is 4.79 Å². The number of aliphatic hydroxyl groups is 1. The Morgan fingerprint density at radius 2 is 1.62 bits per heavy atom. The Balaban J connectivity index is 2.24. The van der Waals surface area contributed by atoms with Gasteiger partial charge in [-0.15, -0.1) is 0 Å². The van der Waals surface area contributed by atoms with Gasteiger partial charge in [-0.2, -0.15) is 0 Å². The Morgan fingerprint density at radius 1 is 1.00 bits per heavy atom. The van der Waals surface area contributed by atoms with E-state index in [1.54, 1.807) is 54.6 Å². The molecule has 21 heavy (non-hydrogen) atoms. The zero-order valence-electron chi connectivity index (χ0n) is 11.0. The summed E-state index contributed by atoms with van der Waals surface area (Å²) in [6.07, 6.45) is 0. The molecule has 5 heteroatoms. The van der Waals surface area contributed by atoms with Crippen LogP contribution in [0.25, 0.3) is 5.57 Å². The molecular weight excluding hydrogens is 292 g/mol. The summed E-state index contributed by atoms with van der Waals surface area (Å²) in [4.78, 5) is 11.0. The zero-order valence-corrected chi connectivity index (χ0v) is 11.7. The van der Waals surface area contributed by atoms with Crippen molar-refractivity contribution in [2.24, 2.45) is 0 Å². The van der Waals surface area contributed by atoms with E-state index in [-0.39, 0.29) is 12.2 Å². The second kappa shape index (κ2) is 6.81. The molecule has 0 saturated carbocycles. The molecule has 0 aliphatic rings. The first-order chi connectivity index (χ1) is 10.1. The lowest BCUT2D eigenvalue weighted by Gasteiger charge is -2.11. The van der Waals surface area contributed by atoms with E-state index in [0.717, 1.165) is 0 Å². The van der Waals surface area contributed by atoms with E-state index in [9.17, 15) is 9.90 Å². The van der Waals surface area contributed by atoms with Gasteiger partial charge in [0.05, 0.1) is 0 Å². The van der Waals surface area contributed by atoms with Crippen LogP contribution < -0.4 is 4.74 Å². The number of hydrogen-bond acceptors (Lipinski definition) is 3. The number of carboxylic acids is 1. The van der Waals surface area contributed by atoms with Crippen molar-refractivity contribution in [1.29, 1.82) is 0 Å². The molecule has 0 aromatic heterocycles. The third-order valence-corrected chi connectivity index (χ3v) is 3.06. The summed E-state index contributed by atoms with van der Waals surface area (Å²) in [6.45, 7) is -0.0657. The van der Waals surface area contributed by atoms with Crippen LogP contribution in [0.2, 0.25) is 5.02 Å². The lowest BCUT2D eigenvalue weighted by molar-refractivity contribution is -0.135. The number of aliphatic carboxylic acids is 1. The molecule has 2 rings (SSSR count). The molecule has 0 radical (unpaired) electrons. The molecular formula is C16H13ClO4. The molecule has 0 aliphatic heterocycles. The predicted molar refractivity (Wildman–Crippen MR) is 80.6 cm³/mol. The van der Waals surface area contributed by atoms with Gasteiger partial charge >= 0.3 is 5.97 Å². The van der Waals surface area contributed by atoms with Crippen LogP contribution in [0.4, 0.5) is 0 Å². The van der Waals surface area contributed by atoms with Gasteiger partial charge in [0.25, 0.3) is 0 Å². The molecule has 2 aromatic rings. The molecule has 0 aliphatic carbocycles. The first kappa shape index (κ1) is 14.9. The van der Waals surface area contributed by atoms with Crippen molar-refractivity contribution in [2.45, 2.75) is 0 Å². The Morgan fingerprint density at radius 3 is 2.19 bits per heavy atom. The van der Waals surface area contributed by atoms with E-state index >= 15 is 0 Å². The second-order valence-electron chi connectivity index (χ2n) is 4.24. The van der Waals surface area contributed by atoms with Crippen LogP contribution >= 0.6 is 11.6 Å². The summed E-state index contributed by atoms with van der Waals surface area (Å²) >= 11 is 5.78. The molecule has 0 atom stereocenters. The number of halogens is 1. The highest BCUT2D eigenvalue weighted by atomic mass is 35.5. The van der Waals surface area contributed by atoms with E-state index < -0.39 is 11.7 Å². The van der Waals surface area contributed by atoms with Gasteiger partial charge in [0.15, 0.2) is 0 Å². The molecule has 2 aromatic carbocycles. The van der Waals surface area contributed by atoms with Crippen molar-refractivity contribution in [3.05, 3.63) is 70.9 Å². The van der Waals surface area contributed by atoms with Crippen molar-refractivity contribution in [3.8, 4) is 5.75 Å². The molecule has 2 N–H and O–H groups in total. The van der Waals surface area contributed by atoms with Gasteiger partial charge in [-0.3, -0.25) is 0 Å². The van der Waals surface area contributed by atoms with Gasteiger partial charge in [0.2, 0.25) is 5.76 Å². The average molecular weight is 305 g/mol. The first-order valence-electron chi connectivity index (χ1n) is 6.17. The van der Waals surface area contributed by atoms with Crippen LogP contribution in [0.1, 0.15) is 5.56 Å². The van der Waals surface area contributed by atoms with Crippen molar-refractivity contribution in [2.75, 3.05) is 6.61 Å². The van der Waals surface area contributed by atoms with Crippen molar-refractivity contribution >= 4 is 23.1 Å². The molecule has 0 spiro atoms. The summed E-state index contributed by atoms with van der Waals surface area (Å²) in [5, 5.41) is 19.3. The van der Waals surface area contributed by atoms with Crippen LogP contribution in [-0.4, -0.2) is 22.8 Å². The fourth-order valence-corrected chi connectivity index (χ4v) is 1.87. The highest BCUT2D eigenvalue weighted by Gasteiger charge is 2.15.